The summed E-state index contributed by atoms with van der Waals surface area (Å²) in [5.74, 6) is 0. The van der Waals surface area contributed by atoms with E-state index in [2.05, 4.69) is 0 Å². The van der Waals surface area contributed by atoms with Crippen LogP contribution in [-0.4, -0.2) is 51.9 Å². The van der Waals surface area contributed by atoms with Crippen molar-refractivity contribution >= 4 is 7.82 Å². The number of phosphoric ester groups is 1. The Bertz CT molecular complexity index is 260. The van der Waals surface area contributed by atoms with Gasteiger partial charge in [0.15, 0.2) is 0 Å². The predicted octanol–water partition coefficient (Wildman–Crippen LogP) is -1.63. The van der Waals surface area contributed by atoms with E-state index in [1.165, 1.54) is 0 Å². The van der Waals surface area contributed by atoms with Gasteiger partial charge in [-0.25, -0.2) is 4.57 Å². The van der Waals surface area contributed by atoms with Gasteiger partial charge >= 0.3 is 7.82 Å². The van der Waals surface area contributed by atoms with E-state index in [1.54, 1.807) is 0 Å². The van der Waals surface area contributed by atoms with E-state index in [0.717, 1.165) is 0 Å². The van der Waals surface area contributed by atoms with E-state index in [4.69, 9.17) is 13.6 Å². The van der Waals surface area contributed by atoms with E-state index in [0.29, 0.717) is 0 Å². The van der Waals surface area contributed by atoms with Crippen LogP contribution in [0.2, 0.25) is 0 Å². The van der Waals surface area contributed by atoms with Crippen molar-refractivity contribution in [2.75, 3.05) is 0 Å². The molecule has 4 fully saturated rings. The Kier molecular flexibility index (Phi) is 1.69. The van der Waals surface area contributed by atoms with Crippen LogP contribution in [0, 0.1) is 0 Å². The Hall–Kier alpha value is -0.0100. The molecule has 1 saturated carbocycles. The van der Waals surface area contributed by atoms with Crippen LogP contribution in [-0.2, 0) is 18.1 Å². The van der Waals surface area contributed by atoms with Crippen LogP contribution in [0.1, 0.15) is 0 Å². The summed E-state index contributed by atoms with van der Waals surface area (Å²) in [7, 11) is -3.66. The van der Waals surface area contributed by atoms with Crippen LogP contribution in [0.3, 0.4) is 0 Å². The summed E-state index contributed by atoms with van der Waals surface area (Å²) < 4.78 is 25.9. The minimum Gasteiger partial charge on any atom is -0.387 e. The van der Waals surface area contributed by atoms with E-state index < -0.39 is 44.4 Å². The second-order valence-corrected chi connectivity index (χ2v) is 5.16. The van der Waals surface area contributed by atoms with Gasteiger partial charge in [-0.05, 0) is 0 Å². The Labute approximate surface area is 78.8 Å². The third-order valence-electron chi connectivity index (χ3n) is 2.77. The summed E-state index contributed by atoms with van der Waals surface area (Å²) in [6.45, 7) is 0. The molecule has 0 aromatic heterocycles. The topological polar surface area (TPSA) is 105 Å². The van der Waals surface area contributed by atoms with Crippen molar-refractivity contribution in [1.29, 1.82) is 0 Å². The van der Waals surface area contributed by atoms with E-state index in [1.807, 2.05) is 0 Å². The van der Waals surface area contributed by atoms with Gasteiger partial charge in [-0.2, -0.15) is 0 Å². The van der Waals surface area contributed by atoms with Gasteiger partial charge in [0.2, 0.25) is 0 Å². The monoisotopic (exact) mass is 224 g/mol. The van der Waals surface area contributed by atoms with Crippen LogP contribution in [0.15, 0.2) is 0 Å². The lowest BCUT2D eigenvalue weighted by Crippen LogP contribution is -2.70. The summed E-state index contributed by atoms with van der Waals surface area (Å²) in [4.78, 5) is 0. The average molecular weight is 224 g/mol. The second-order valence-electron chi connectivity index (χ2n) is 3.63. The maximum absolute atomic E-state index is 11.5. The first kappa shape index (κ1) is 9.23. The molecule has 4 bridgehead atoms. The summed E-state index contributed by atoms with van der Waals surface area (Å²) in [6, 6.07) is 0. The SMILES string of the molecule is O=P12OC3C(O)C(O1)C(O)C(O2)C3O. The molecule has 3 heterocycles. The summed E-state index contributed by atoms with van der Waals surface area (Å²) in [5, 5.41) is 28.6. The number of rotatable bonds is 0. The Morgan fingerprint density at radius 3 is 1.36 bits per heavy atom. The van der Waals surface area contributed by atoms with Gasteiger partial charge in [0.1, 0.15) is 36.6 Å². The van der Waals surface area contributed by atoms with Crippen molar-refractivity contribution < 1.29 is 33.5 Å². The molecule has 14 heavy (non-hydrogen) atoms. The molecule has 7 nitrogen and oxygen atoms in total. The first-order chi connectivity index (χ1) is 6.52. The van der Waals surface area contributed by atoms with Gasteiger partial charge in [0.25, 0.3) is 0 Å². The van der Waals surface area contributed by atoms with Crippen LogP contribution >= 0.6 is 7.82 Å². The first-order valence-electron chi connectivity index (χ1n) is 4.21. The van der Waals surface area contributed by atoms with Gasteiger partial charge in [-0.3, -0.25) is 13.6 Å². The highest BCUT2D eigenvalue weighted by molar-refractivity contribution is 7.48. The molecule has 0 amide bonds. The number of hydrogen-bond donors (Lipinski definition) is 3. The Balaban J connectivity index is 2.04. The zero-order chi connectivity index (χ0) is 10.1. The van der Waals surface area contributed by atoms with E-state index in [9.17, 15) is 19.9 Å². The van der Waals surface area contributed by atoms with E-state index in [-0.39, 0.29) is 0 Å². The van der Waals surface area contributed by atoms with Gasteiger partial charge in [0.05, 0.1) is 0 Å². The molecule has 3 N–H and O–H groups in total. The van der Waals surface area contributed by atoms with Crippen molar-refractivity contribution in [1.82, 2.24) is 0 Å². The first-order valence-corrected chi connectivity index (χ1v) is 5.67. The van der Waals surface area contributed by atoms with Crippen molar-refractivity contribution in [2.45, 2.75) is 36.6 Å². The van der Waals surface area contributed by atoms with Crippen molar-refractivity contribution in [2.24, 2.45) is 0 Å². The molecule has 3 saturated heterocycles. The molecule has 1 aliphatic carbocycles. The number of aliphatic hydroxyl groups excluding tert-OH is 3. The molecular weight excluding hydrogens is 215 g/mol. The predicted molar refractivity (Wildman–Crippen MR) is 40.2 cm³/mol. The minimum atomic E-state index is -3.66. The average Bonchev–Trinajstić information content (AvgIpc) is 2.14. The lowest BCUT2D eigenvalue weighted by atomic mass is 9.85. The third-order valence-corrected chi connectivity index (χ3v) is 4.28. The van der Waals surface area contributed by atoms with Gasteiger partial charge in [0, 0.05) is 0 Å². The fourth-order valence-electron chi connectivity index (χ4n) is 2.06. The highest BCUT2D eigenvalue weighted by Crippen LogP contribution is 2.64. The van der Waals surface area contributed by atoms with Gasteiger partial charge < -0.3 is 15.3 Å². The van der Waals surface area contributed by atoms with Gasteiger partial charge in [-0.1, -0.05) is 0 Å². The minimum absolute atomic E-state index is 0.998. The molecular formula is C6H9O7P. The third kappa shape index (κ3) is 0.953. The molecule has 0 unspecified atom stereocenters. The van der Waals surface area contributed by atoms with Crippen molar-refractivity contribution in [3.05, 3.63) is 0 Å². The zero-order valence-electron chi connectivity index (χ0n) is 6.89. The van der Waals surface area contributed by atoms with Crippen molar-refractivity contribution in [3.8, 4) is 0 Å². The molecule has 8 heteroatoms. The fourth-order valence-corrected chi connectivity index (χ4v) is 3.85. The Morgan fingerprint density at radius 1 is 0.786 bits per heavy atom. The molecule has 0 atom stereocenters. The molecule has 0 radical (unpaired) electrons. The molecule has 4 aliphatic rings. The lowest BCUT2D eigenvalue weighted by molar-refractivity contribution is -0.274. The normalized spacial score (nSPS) is 65.9. The highest BCUT2D eigenvalue weighted by atomic mass is 31.2. The largest absolute Gasteiger partial charge is 0.476 e. The van der Waals surface area contributed by atoms with Crippen molar-refractivity contribution in [3.63, 3.8) is 0 Å². The van der Waals surface area contributed by atoms with Crippen LogP contribution in [0.25, 0.3) is 0 Å². The standard InChI is InChI=1S/C6H9O7P/c7-1-4-2(8)6-3(9)5(1)12-14(10,11-4)13-6/h1-9H. The van der Waals surface area contributed by atoms with E-state index >= 15 is 0 Å². The second kappa shape index (κ2) is 2.56. The van der Waals surface area contributed by atoms with Crippen LogP contribution in [0.4, 0.5) is 0 Å². The van der Waals surface area contributed by atoms with Gasteiger partial charge in [-0.15, -0.1) is 0 Å². The maximum Gasteiger partial charge on any atom is 0.476 e. The molecule has 0 aromatic rings. The number of phosphoric acid groups is 1. The molecule has 80 valence electrons. The summed E-state index contributed by atoms with van der Waals surface area (Å²) >= 11 is 0. The lowest BCUT2D eigenvalue weighted by Gasteiger charge is -2.54. The smallest absolute Gasteiger partial charge is 0.387 e. The molecule has 0 aromatic carbocycles. The molecule has 3 aliphatic heterocycles. The molecule has 0 spiro atoms. The molecule has 4 rings (SSSR count). The zero-order valence-corrected chi connectivity index (χ0v) is 7.78. The van der Waals surface area contributed by atoms with Crippen LogP contribution in [0.5, 0.6) is 0 Å². The summed E-state index contributed by atoms with van der Waals surface area (Å²) in [5.41, 5.74) is 0. The fraction of sp³-hybridized carbons (Fsp3) is 1.00. The number of aliphatic hydroxyl groups is 3. The maximum atomic E-state index is 11.5. The summed E-state index contributed by atoms with van der Waals surface area (Å²) in [6.07, 6.45) is -6.53. The quantitative estimate of drug-likeness (QED) is 0.424. The van der Waals surface area contributed by atoms with Crippen LogP contribution < -0.4 is 0 Å². The Morgan fingerprint density at radius 2 is 1.07 bits per heavy atom. The highest BCUT2D eigenvalue weighted by Gasteiger charge is 2.65. The number of hydrogen-bond acceptors (Lipinski definition) is 7.